The van der Waals surface area contributed by atoms with Gasteiger partial charge in [0.25, 0.3) is 0 Å². The van der Waals surface area contributed by atoms with Crippen molar-refractivity contribution in [2.75, 3.05) is 5.43 Å². The van der Waals surface area contributed by atoms with Gasteiger partial charge in [-0.1, -0.05) is 34.1 Å². The zero-order valence-electron chi connectivity index (χ0n) is 15.7. The van der Waals surface area contributed by atoms with Crippen LogP contribution in [0.1, 0.15) is 11.1 Å². The molecule has 0 aliphatic heterocycles. The molecule has 0 atom stereocenters. The summed E-state index contributed by atoms with van der Waals surface area (Å²) >= 11 is 8.85. The Kier molecular flexibility index (Phi) is 6.20. The monoisotopic (exact) mass is 485 g/mol. The molecule has 2 heterocycles. The quantitative estimate of drug-likeness (QED) is 0.351. The first kappa shape index (κ1) is 20.2. The van der Waals surface area contributed by atoms with Gasteiger partial charge >= 0.3 is 0 Å². The van der Waals surface area contributed by atoms with Gasteiger partial charge in [-0.3, -0.25) is 4.98 Å². The van der Waals surface area contributed by atoms with Gasteiger partial charge in [-0.05, 0) is 48.6 Å². The van der Waals surface area contributed by atoms with Crippen LogP contribution < -0.4 is 10.2 Å². The maximum absolute atomic E-state index is 13.9. The van der Waals surface area contributed by atoms with E-state index in [1.165, 1.54) is 6.07 Å². The van der Waals surface area contributed by atoms with Crippen molar-refractivity contribution in [1.29, 1.82) is 0 Å². The van der Waals surface area contributed by atoms with Crippen molar-refractivity contribution in [1.82, 2.24) is 19.9 Å². The largest absolute Gasteiger partial charge is 0.488 e. The molecule has 0 amide bonds. The highest BCUT2D eigenvalue weighted by Crippen LogP contribution is 2.25. The van der Waals surface area contributed by atoms with Gasteiger partial charge in [0.2, 0.25) is 4.77 Å². The first-order chi connectivity index (χ1) is 14.6. The third kappa shape index (κ3) is 4.58. The first-order valence-corrected chi connectivity index (χ1v) is 10.3. The summed E-state index contributed by atoms with van der Waals surface area (Å²) in [4.78, 5) is 4.03. The zero-order chi connectivity index (χ0) is 20.9. The number of H-pyrrole nitrogens is 1. The highest BCUT2D eigenvalue weighted by atomic mass is 79.9. The van der Waals surface area contributed by atoms with E-state index in [0.29, 0.717) is 28.5 Å². The predicted octanol–water partition coefficient (Wildman–Crippen LogP) is 5.23. The smallest absolute Gasteiger partial charge is 0.214 e. The van der Waals surface area contributed by atoms with Crippen molar-refractivity contribution in [3.63, 3.8) is 0 Å². The number of aromatic nitrogens is 4. The van der Waals surface area contributed by atoms with Crippen LogP contribution in [0.25, 0.3) is 11.4 Å². The van der Waals surface area contributed by atoms with Gasteiger partial charge in [-0.2, -0.15) is 5.10 Å². The summed E-state index contributed by atoms with van der Waals surface area (Å²) in [6.07, 6.45) is 3.39. The van der Waals surface area contributed by atoms with Gasteiger partial charge in [0, 0.05) is 33.6 Å². The molecule has 0 saturated heterocycles. The van der Waals surface area contributed by atoms with E-state index in [1.54, 1.807) is 35.3 Å². The van der Waals surface area contributed by atoms with Crippen molar-refractivity contribution >= 4 is 28.1 Å². The summed E-state index contributed by atoms with van der Waals surface area (Å²) in [7, 11) is 0. The zero-order valence-corrected chi connectivity index (χ0v) is 18.1. The van der Waals surface area contributed by atoms with Crippen molar-refractivity contribution in [2.45, 2.75) is 13.2 Å². The van der Waals surface area contributed by atoms with Gasteiger partial charge in [0.05, 0.1) is 6.54 Å². The van der Waals surface area contributed by atoms with E-state index in [9.17, 15) is 4.39 Å². The van der Waals surface area contributed by atoms with Crippen molar-refractivity contribution < 1.29 is 9.13 Å². The third-order valence-electron chi connectivity index (χ3n) is 4.40. The molecule has 0 aliphatic carbocycles. The van der Waals surface area contributed by atoms with Crippen LogP contribution in [-0.2, 0) is 13.2 Å². The number of ether oxygens (including phenoxy) is 1. The van der Waals surface area contributed by atoms with Crippen LogP contribution in [0.5, 0.6) is 5.75 Å². The first-order valence-electron chi connectivity index (χ1n) is 9.08. The second kappa shape index (κ2) is 9.19. The van der Waals surface area contributed by atoms with Crippen molar-refractivity contribution in [2.24, 2.45) is 0 Å². The minimum absolute atomic E-state index is 0.134. The Labute approximate surface area is 185 Å². The Morgan fingerprint density at radius 3 is 2.70 bits per heavy atom. The van der Waals surface area contributed by atoms with Crippen LogP contribution in [0, 0.1) is 10.6 Å². The summed E-state index contributed by atoms with van der Waals surface area (Å²) in [5.41, 5.74) is 5.52. The molecule has 0 fully saturated rings. The van der Waals surface area contributed by atoms with E-state index in [2.05, 4.69) is 36.5 Å². The van der Waals surface area contributed by atoms with Crippen LogP contribution in [-0.4, -0.2) is 19.9 Å². The maximum atomic E-state index is 13.9. The number of halogens is 2. The summed E-state index contributed by atoms with van der Waals surface area (Å²) in [6, 6.07) is 15.9. The Morgan fingerprint density at radius 1 is 1.10 bits per heavy atom. The topological polar surface area (TPSA) is 67.8 Å². The molecule has 2 aromatic carbocycles. The fraction of sp³-hybridized carbons (Fsp3) is 0.0952. The minimum Gasteiger partial charge on any atom is -0.488 e. The van der Waals surface area contributed by atoms with Crippen LogP contribution in [0.2, 0.25) is 0 Å². The van der Waals surface area contributed by atoms with Gasteiger partial charge in [0.1, 0.15) is 18.2 Å². The fourth-order valence-electron chi connectivity index (χ4n) is 2.90. The van der Waals surface area contributed by atoms with E-state index < -0.39 is 0 Å². The molecule has 0 aliphatic rings. The lowest BCUT2D eigenvalue weighted by Gasteiger charge is -2.15. The molecule has 9 heteroatoms. The average molecular weight is 486 g/mol. The number of benzene rings is 2. The molecule has 30 heavy (non-hydrogen) atoms. The van der Waals surface area contributed by atoms with Crippen LogP contribution >= 0.6 is 28.1 Å². The lowest BCUT2D eigenvalue weighted by molar-refractivity contribution is 0.297. The normalized spacial score (nSPS) is 10.7. The molecule has 4 aromatic rings. The molecule has 6 nitrogen and oxygen atoms in total. The number of hydrogen-bond acceptors (Lipinski definition) is 5. The summed E-state index contributed by atoms with van der Waals surface area (Å²) in [5, 5.41) is 7.10. The van der Waals surface area contributed by atoms with Crippen LogP contribution in [0.15, 0.2) is 71.5 Å². The highest BCUT2D eigenvalue weighted by molar-refractivity contribution is 9.10. The predicted molar refractivity (Wildman–Crippen MR) is 119 cm³/mol. The van der Waals surface area contributed by atoms with Gasteiger partial charge in [-0.25, -0.2) is 14.2 Å². The lowest BCUT2D eigenvalue weighted by Crippen LogP contribution is -2.16. The second-order valence-corrected chi connectivity index (χ2v) is 7.69. The van der Waals surface area contributed by atoms with Crippen LogP contribution in [0.4, 0.5) is 4.39 Å². The van der Waals surface area contributed by atoms with Gasteiger partial charge < -0.3 is 10.2 Å². The molecule has 2 N–H and O–H groups in total. The van der Waals surface area contributed by atoms with E-state index in [0.717, 1.165) is 15.6 Å². The average Bonchev–Trinajstić information content (AvgIpc) is 3.13. The van der Waals surface area contributed by atoms with E-state index in [1.807, 2.05) is 30.3 Å². The van der Waals surface area contributed by atoms with E-state index in [4.69, 9.17) is 17.0 Å². The highest BCUT2D eigenvalue weighted by Gasteiger charge is 2.11. The SMILES string of the molecule is Fc1ccccc1COc1ccc(Br)cc1CNn1c(-c2ccncc2)n[nH]c1=S. The molecular formula is C21H17BrFN5OS. The van der Waals surface area contributed by atoms with Crippen LogP contribution in [0.3, 0.4) is 0 Å². The van der Waals surface area contributed by atoms with Crippen molar-refractivity contribution in [3.05, 3.63) is 93.2 Å². The lowest BCUT2D eigenvalue weighted by atomic mass is 10.2. The molecule has 152 valence electrons. The van der Waals surface area contributed by atoms with Crippen molar-refractivity contribution in [3.8, 4) is 17.1 Å². The number of rotatable bonds is 7. The molecular weight excluding hydrogens is 469 g/mol. The number of nitrogens with zero attached hydrogens (tertiary/aromatic N) is 3. The summed E-state index contributed by atoms with van der Waals surface area (Å²) < 4.78 is 22.9. The number of nitrogens with one attached hydrogen (secondary N) is 2. The molecule has 0 saturated carbocycles. The number of aromatic amines is 1. The molecule has 2 aromatic heterocycles. The Balaban J connectivity index is 1.55. The molecule has 0 radical (unpaired) electrons. The minimum atomic E-state index is -0.291. The fourth-order valence-corrected chi connectivity index (χ4v) is 3.51. The number of pyridine rings is 1. The summed E-state index contributed by atoms with van der Waals surface area (Å²) in [6.45, 7) is 0.548. The molecule has 0 spiro atoms. The molecule has 0 unspecified atom stereocenters. The second-order valence-electron chi connectivity index (χ2n) is 6.39. The maximum Gasteiger partial charge on any atom is 0.214 e. The Bertz CT molecular complexity index is 1210. The molecule has 4 rings (SSSR count). The van der Waals surface area contributed by atoms with E-state index in [-0.39, 0.29) is 12.4 Å². The van der Waals surface area contributed by atoms with E-state index >= 15 is 0 Å². The molecule has 0 bridgehead atoms. The Hall–Kier alpha value is -3.04. The Morgan fingerprint density at radius 2 is 1.90 bits per heavy atom. The third-order valence-corrected chi connectivity index (χ3v) is 5.17. The van der Waals surface area contributed by atoms with Gasteiger partial charge in [-0.15, -0.1) is 0 Å². The standard InChI is InChI=1S/C21H17BrFN5OS/c22-17-5-6-19(29-13-15-3-1-2-4-18(15)23)16(11-17)12-25-28-20(26-27-21(28)30)14-7-9-24-10-8-14/h1-11,25H,12-13H2,(H,27,30). The van der Waals surface area contributed by atoms with Gasteiger partial charge in [0.15, 0.2) is 5.82 Å². The summed E-state index contributed by atoms with van der Waals surface area (Å²) in [5.74, 6) is 1.00. The number of hydrogen-bond donors (Lipinski definition) is 2.